The summed E-state index contributed by atoms with van der Waals surface area (Å²) in [5.41, 5.74) is 1.35. The monoisotopic (exact) mass is 400 g/mol. The lowest BCUT2D eigenvalue weighted by Gasteiger charge is -2.12. The molecule has 0 aromatic heterocycles. The summed E-state index contributed by atoms with van der Waals surface area (Å²) in [5, 5.41) is 5.50. The molecule has 0 heterocycles. The molecule has 0 aliphatic rings. The molecule has 0 saturated carbocycles. The summed E-state index contributed by atoms with van der Waals surface area (Å²) < 4.78 is 15.0. The lowest BCUT2D eigenvalue weighted by Crippen LogP contribution is -2.15. The molecule has 0 unspecified atom stereocenters. The molecule has 0 spiro atoms. The zero-order chi connectivity index (χ0) is 21.2. The minimum absolute atomic E-state index is 0.175. The number of carbonyl (C=O) groups excluding carboxylic acids is 3. The van der Waals surface area contributed by atoms with Gasteiger partial charge in [0, 0.05) is 30.2 Å². The van der Waals surface area contributed by atoms with E-state index < -0.39 is 0 Å². The zero-order valence-corrected chi connectivity index (χ0v) is 16.6. The zero-order valence-electron chi connectivity index (χ0n) is 16.6. The number of amides is 2. The smallest absolute Gasteiger partial charge is 0.305 e. The largest absolute Gasteiger partial charge is 0.497 e. The molecule has 0 saturated heterocycles. The van der Waals surface area contributed by atoms with Gasteiger partial charge in [0.15, 0.2) is 0 Å². The fraction of sp³-hybridized carbons (Fsp3) is 0.286. The lowest BCUT2D eigenvalue weighted by molar-refractivity contribution is -0.140. The number of hydrogen-bond donors (Lipinski definition) is 2. The van der Waals surface area contributed by atoms with Gasteiger partial charge < -0.3 is 24.8 Å². The Kier molecular flexibility index (Phi) is 8.02. The molecule has 0 aliphatic heterocycles. The van der Waals surface area contributed by atoms with Crippen LogP contribution in [0.3, 0.4) is 0 Å². The number of methoxy groups -OCH3 is 3. The highest BCUT2D eigenvalue weighted by Gasteiger charge is 2.12. The van der Waals surface area contributed by atoms with Crippen molar-refractivity contribution in [3.05, 3.63) is 48.0 Å². The van der Waals surface area contributed by atoms with Gasteiger partial charge in [-0.2, -0.15) is 0 Å². The summed E-state index contributed by atoms with van der Waals surface area (Å²) in [7, 11) is 4.35. The van der Waals surface area contributed by atoms with Crippen molar-refractivity contribution in [2.75, 3.05) is 32.0 Å². The Bertz CT molecular complexity index is 881. The van der Waals surface area contributed by atoms with Gasteiger partial charge in [-0.25, -0.2) is 0 Å². The van der Waals surface area contributed by atoms with Crippen LogP contribution in [0.25, 0.3) is 0 Å². The number of esters is 1. The molecule has 0 bridgehead atoms. The van der Waals surface area contributed by atoms with E-state index in [2.05, 4.69) is 15.4 Å². The van der Waals surface area contributed by atoms with E-state index in [0.717, 1.165) is 0 Å². The standard InChI is InChI=1S/C21H24N2O6/c1-27-16-10-11-17(18(13-16)28-2)23-21(26)14-6-4-7-15(12-14)22-19(24)8-5-9-20(25)29-3/h4,6-7,10-13H,5,8-9H2,1-3H3,(H,22,24)(H,23,26). The number of rotatable bonds is 9. The Balaban J connectivity index is 2.00. The number of nitrogens with one attached hydrogen (secondary N) is 2. The van der Waals surface area contributed by atoms with E-state index in [1.54, 1.807) is 49.6 Å². The summed E-state index contributed by atoms with van der Waals surface area (Å²) in [6, 6.07) is 11.6. The molecule has 2 aromatic rings. The maximum absolute atomic E-state index is 12.6. The summed E-state index contributed by atoms with van der Waals surface area (Å²) in [4.78, 5) is 35.7. The molecular weight excluding hydrogens is 376 g/mol. The van der Waals surface area contributed by atoms with E-state index in [0.29, 0.717) is 34.9 Å². The molecule has 2 amide bonds. The SMILES string of the molecule is COC(=O)CCCC(=O)Nc1cccc(C(=O)Nc2ccc(OC)cc2OC)c1. The highest BCUT2D eigenvalue weighted by molar-refractivity contribution is 6.06. The third kappa shape index (κ3) is 6.53. The van der Waals surface area contributed by atoms with E-state index in [4.69, 9.17) is 9.47 Å². The molecule has 0 atom stereocenters. The average molecular weight is 400 g/mol. The van der Waals surface area contributed by atoms with Crippen molar-refractivity contribution >= 4 is 29.2 Å². The number of benzene rings is 2. The molecular formula is C21H24N2O6. The van der Waals surface area contributed by atoms with Crippen molar-refractivity contribution in [1.29, 1.82) is 0 Å². The Morgan fingerprint density at radius 2 is 1.69 bits per heavy atom. The Labute approximate surface area is 169 Å². The van der Waals surface area contributed by atoms with Crippen LogP contribution >= 0.6 is 0 Å². The molecule has 0 radical (unpaired) electrons. The predicted octanol–water partition coefficient (Wildman–Crippen LogP) is 3.24. The first kappa shape index (κ1) is 21.7. The van der Waals surface area contributed by atoms with Crippen molar-refractivity contribution < 1.29 is 28.6 Å². The van der Waals surface area contributed by atoms with Gasteiger partial charge in [-0.15, -0.1) is 0 Å². The molecule has 8 heteroatoms. The van der Waals surface area contributed by atoms with Crippen molar-refractivity contribution in [1.82, 2.24) is 0 Å². The van der Waals surface area contributed by atoms with Gasteiger partial charge >= 0.3 is 5.97 Å². The van der Waals surface area contributed by atoms with E-state index in [-0.39, 0.29) is 30.6 Å². The van der Waals surface area contributed by atoms with Crippen molar-refractivity contribution in [3.8, 4) is 11.5 Å². The first-order chi connectivity index (χ1) is 14.0. The maximum Gasteiger partial charge on any atom is 0.305 e. The predicted molar refractivity (Wildman–Crippen MR) is 108 cm³/mol. The number of carbonyl (C=O) groups is 3. The summed E-state index contributed by atoms with van der Waals surface area (Å²) in [6.45, 7) is 0. The normalized spacial score (nSPS) is 10.0. The van der Waals surface area contributed by atoms with Crippen molar-refractivity contribution in [3.63, 3.8) is 0 Å². The Hall–Kier alpha value is -3.55. The van der Waals surface area contributed by atoms with E-state index in [9.17, 15) is 14.4 Å². The topological polar surface area (TPSA) is 103 Å². The minimum Gasteiger partial charge on any atom is -0.497 e. The van der Waals surface area contributed by atoms with Crippen LogP contribution in [-0.2, 0) is 14.3 Å². The third-order valence-corrected chi connectivity index (χ3v) is 4.08. The molecule has 2 N–H and O–H groups in total. The molecule has 154 valence electrons. The number of anilines is 2. The van der Waals surface area contributed by atoms with Gasteiger partial charge in [0.1, 0.15) is 11.5 Å². The van der Waals surface area contributed by atoms with Crippen LogP contribution in [0.4, 0.5) is 11.4 Å². The van der Waals surface area contributed by atoms with Gasteiger partial charge in [-0.1, -0.05) is 6.07 Å². The van der Waals surface area contributed by atoms with Crippen molar-refractivity contribution in [2.24, 2.45) is 0 Å². The van der Waals surface area contributed by atoms with Gasteiger partial charge in [0.25, 0.3) is 5.91 Å². The maximum atomic E-state index is 12.6. The summed E-state index contributed by atoms with van der Waals surface area (Å²) in [5.74, 6) is 0.119. The van der Waals surface area contributed by atoms with E-state index in [1.165, 1.54) is 14.2 Å². The van der Waals surface area contributed by atoms with Crippen LogP contribution in [-0.4, -0.2) is 39.1 Å². The quantitative estimate of drug-likeness (QED) is 0.627. The minimum atomic E-state index is -0.356. The Morgan fingerprint density at radius 3 is 2.38 bits per heavy atom. The Morgan fingerprint density at radius 1 is 0.897 bits per heavy atom. The highest BCUT2D eigenvalue weighted by Crippen LogP contribution is 2.29. The van der Waals surface area contributed by atoms with Gasteiger partial charge in [-0.05, 0) is 36.8 Å². The molecule has 2 rings (SSSR count). The second-order valence-electron chi connectivity index (χ2n) is 6.08. The molecule has 0 aliphatic carbocycles. The molecule has 0 fully saturated rings. The summed E-state index contributed by atoms with van der Waals surface area (Å²) in [6.07, 6.45) is 0.737. The lowest BCUT2D eigenvalue weighted by atomic mass is 10.1. The number of hydrogen-bond acceptors (Lipinski definition) is 6. The van der Waals surface area contributed by atoms with Crippen LogP contribution in [0.5, 0.6) is 11.5 Å². The first-order valence-corrected chi connectivity index (χ1v) is 8.97. The fourth-order valence-electron chi connectivity index (χ4n) is 2.55. The van der Waals surface area contributed by atoms with Crippen LogP contribution < -0.4 is 20.1 Å². The van der Waals surface area contributed by atoms with Gasteiger partial charge in [0.2, 0.25) is 5.91 Å². The average Bonchev–Trinajstić information content (AvgIpc) is 2.73. The van der Waals surface area contributed by atoms with Crippen molar-refractivity contribution in [2.45, 2.75) is 19.3 Å². The van der Waals surface area contributed by atoms with Crippen LogP contribution in [0.2, 0.25) is 0 Å². The van der Waals surface area contributed by atoms with Crippen LogP contribution in [0.15, 0.2) is 42.5 Å². The summed E-state index contributed by atoms with van der Waals surface area (Å²) >= 11 is 0. The highest BCUT2D eigenvalue weighted by atomic mass is 16.5. The molecule has 29 heavy (non-hydrogen) atoms. The van der Waals surface area contributed by atoms with Gasteiger partial charge in [0.05, 0.1) is 27.0 Å². The van der Waals surface area contributed by atoms with Gasteiger partial charge in [-0.3, -0.25) is 14.4 Å². The van der Waals surface area contributed by atoms with Crippen LogP contribution in [0.1, 0.15) is 29.6 Å². The fourth-order valence-corrected chi connectivity index (χ4v) is 2.55. The van der Waals surface area contributed by atoms with E-state index in [1.807, 2.05) is 0 Å². The number of ether oxygens (including phenoxy) is 3. The third-order valence-electron chi connectivity index (χ3n) is 4.08. The first-order valence-electron chi connectivity index (χ1n) is 8.97. The van der Waals surface area contributed by atoms with E-state index >= 15 is 0 Å². The molecule has 8 nitrogen and oxygen atoms in total. The second-order valence-corrected chi connectivity index (χ2v) is 6.08. The van der Waals surface area contributed by atoms with Crippen LogP contribution in [0, 0.1) is 0 Å². The second kappa shape index (κ2) is 10.7. The molecule has 2 aromatic carbocycles.